The highest BCUT2D eigenvalue weighted by molar-refractivity contribution is 6.31. The van der Waals surface area contributed by atoms with Gasteiger partial charge >= 0.3 is 0 Å². The third-order valence-electron chi connectivity index (χ3n) is 3.80. The lowest BCUT2D eigenvalue weighted by Gasteiger charge is -2.23. The highest BCUT2D eigenvalue weighted by Crippen LogP contribution is 2.31. The van der Waals surface area contributed by atoms with Gasteiger partial charge in [-0.3, -0.25) is 4.79 Å². The van der Waals surface area contributed by atoms with E-state index >= 15 is 0 Å². The molecule has 3 nitrogen and oxygen atoms in total. The Bertz CT molecular complexity index is 658. The van der Waals surface area contributed by atoms with Crippen LogP contribution in [-0.4, -0.2) is 21.4 Å². The van der Waals surface area contributed by atoms with Crippen LogP contribution in [0.1, 0.15) is 28.9 Å². The van der Waals surface area contributed by atoms with Gasteiger partial charge in [0.25, 0.3) is 5.91 Å². The molecule has 1 aromatic carbocycles. The molecule has 5 heteroatoms. The predicted octanol–water partition coefficient (Wildman–Crippen LogP) is 3.62. The summed E-state index contributed by atoms with van der Waals surface area (Å²) in [5.41, 5.74) is 0.989. The van der Waals surface area contributed by atoms with E-state index in [9.17, 15) is 9.18 Å². The first-order valence-corrected chi connectivity index (χ1v) is 7.31. The average molecular weight is 307 g/mol. The fourth-order valence-corrected chi connectivity index (χ4v) is 2.66. The molecule has 0 bridgehead atoms. The number of amides is 1. The molecule has 1 aromatic heterocycles. The van der Waals surface area contributed by atoms with Crippen LogP contribution in [0.5, 0.6) is 0 Å². The molecule has 1 amide bonds. The van der Waals surface area contributed by atoms with Crippen LogP contribution < -0.4 is 0 Å². The number of aryl methyl sites for hydroxylation is 1. The number of rotatable bonds is 4. The molecule has 0 N–H and O–H groups in total. The highest BCUT2D eigenvalue weighted by Gasteiger charge is 2.34. The normalized spacial score (nSPS) is 14.2. The van der Waals surface area contributed by atoms with Gasteiger partial charge in [0.05, 0.1) is 6.54 Å². The van der Waals surface area contributed by atoms with E-state index in [4.69, 9.17) is 11.6 Å². The van der Waals surface area contributed by atoms with E-state index in [0.717, 1.165) is 12.8 Å². The number of aromatic nitrogens is 1. The third-order valence-corrected chi connectivity index (χ3v) is 4.16. The van der Waals surface area contributed by atoms with Gasteiger partial charge in [-0.2, -0.15) is 0 Å². The minimum Gasteiger partial charge on any atom is -0.347 e. The van der Waals surface area contributed by atoms with Crippen molar-refractivity contribution in [3.63, 3.8) is 0 Å². The van der Waals surface area contributed by atoms with Crippen LogP contribution in [0, 0.1) is 5.82 Å². The Kier molecular flexibility index (Phi) is 3.72. The number of hydrogen-bond donors (Lipinski definition) is 0. The molecule has 0 aliphatic heterocycles. The third kappa shape index (κ3) is 2.81. The average Bonchev–Trinajstić information content (AvgIpc) is 3.19. The van der Waals surface area contributed by atoms with Crippen molar-refractivity contribution in [1.82, 2.24) is 9.47 Å². The molecule has 1 aliphatic carbocycles. The lowest BCUT2D eigenvalue weighted by Crippen LogP contribution is -2.34. The minimum atomic E-state index is -0.368. The largest absolute Gasteiger partial charge is 0.347 e. The summed E-state index contributed by atoms with van der Waals surface area (Å²) in [6.45, 7) is 0.209. The van der Waals surface area contributed by atoms with Crippen LogP contribution in [0.2, 0.25) is 5.02 Å². The standard InChI is InChI=1S/C16H16ClFN2O/c1-19-9-3-6-15(19)16(21)20(11-7-8-11)10-12-13(17)4-2-5-14(12)18/h2-6,9,11H,7-8,10H2,1H3. The zero-order chi connectivity index (χ0) is 15.0. The van der Waals surface area contributed by atoms with Crippen LogP contribution in [0.15, 0.2) is 36.5 Å². The molecule has 0 radical (unpaired) electrons. The second-order valence-electron chi connectivity index (χ2n) is 5.37. The molecule has 1 heterocycles. The Morgan fingerprint density at radius 3 is 2.71 bits per heavy atom. The Balaban J connectivity index is 1.89. The molecule has 1 aliphatic rings. The number of nitrogens with zero attached hydrogens (tertiary/aromatic N) is 2. The van der Waals surface area contributed by atoms with Gasteiger partial charge in [-0.25, -0.2) is 4.39 Å². The highest BCUT2D eigenvalue weighted by atomic mass is 35.5. The van der Waals surface area contributed by atoms with Crippen molar-refractivity contribution in [1.29, 1.82) is 0 Å². The van der Waals surface area contributed by atoms with Crippen molar-refractivity contribution in [2.45, 2.75) is 25.4 Å². The Hall–Kier alpha value is -1.81. The van der Waals surface area contributed by atoms with Crippen molar-refractivity contribution < 1.29 is 9.18 Å². The Morgan fingerprint density at radius 1 is 1.38 bits per heavy atom. The van der Waals surface area contributed by atoms with E-state index in [0.29, 0.717) is 16.3 Å². The van der Waals surface area contributed by atoms with Crippen LogP contribution in [-0.2, 0) is 13.6 Å². The van der Waals surface area contributed by atoms with Crippen LogP contribution in [0.4, 0.5) is 4.39 Å². The van der Waals surface area contributed by atoms with Gasteiger partial charge in [0.1, 0.15) is 11.5 Å². The number of carbonyl (C=O) groups excluding carboxylic acids is 1. The lowest BCUT2D eigenvalue weighted by molar-refractivity contribution is 0.0718. The quantitative estimate of drug-likeness (QED) is 0.847. The van der Waals surface area contributed by atoms with Crippen molar-refractivity contribution in [3.8, 4) is 0 Å². The molecule has 110 valence electrons. The van der Waals surface area contributed by atoms with Crippen molar-refractivity contribution in [3.05, 3.63) is 58.6 Å². The Morgan fingerprint density at radius 2 is 2.14 bits per heavy atom. The van der Waals surface area contributed by atoms with Crippen LogP contribution >= 0.6 is 11.6 Å². The molecular formula is C16H16ClFN2O. The zero-order valence-electron chi connectivity index (χ0n) is 11.7. The van der Waals surface area contributed by atoms with Gasteiger partial charge in [0.2, 0.25) is 0 Å². The molecule has 0 atom stereocenters. The van der Waals surface area contributed by atoms with Crippen molar-refractivity contribution in [2.24, 2.45) is 7.05 Å². The number of halogens is 2. The number of carbonyl (C=O) groups is 1. The van der Waals surface area contributed by atoms with E-state index in [1.807, 2.05) is 19.3 Å². The van der Waals surface area contributed by atoms with E-state index in [-0.39, 0.29) is 24.3 Å². The number of benzene rings is 1. The molecule has 0 spiro atoms. The SMILES string of the molecule is Cn1cccc1C(=O)N(Cc1c(F)cccc1Cl)C1CC1. The molecule has 0 saturated heterocycles. The monoisotopic (exact) mass is 306 g/mol. The summed E-state index contributed by atoms with van der Waals surface area (Å²) >= 11 is 6.08. The summed E-state index contributed by atoms with van der Waals surface area (Å²) in [6, 6.07) is 8.39. The summed E-state index contributed by atoms with van der Waals surface area (Å²) in [5.74, 6) is -0.447. The molecule has 1 fully saturated rings. The van der Waals surface area contributed by atoms with Gasteiger partial charge in [0, 0.05) is 29.9 Å². The first-order valence-electron chi connectivity index (χ1n) is 6.93. The van der Waals surface area contributed by atoms with E-state index < -0.39 is 0 Å². The molecule has 3 rings (SSSR count). The smallest absolute Gasteiger partial charge is 0.271 e. The molecular weight excluding hydrogens is 291 g/mol. The van der Waals surface area contributed by atoms with Gasteiger partial charge in [0.15, 0.2) is 0 Å². The summed E-state index contributed by atoms with van der Waals surface area (Å²) in [4.78, 5) is 14.4. The fourth-order valence-electron chi connectivity index (χ4n) is 2.44. The zero-order valence-corrected chi connectivity index (χ0v) is 12.5. The fraction of sp³-hybridized carbons (Fsp3) is 0.312. The summed E-state index contributed by atoms with van der Waals surface area (Å²) in [5, 5.41) is 0.361. The maximum atomic E-state index is 14.0. The summed E-state index contributed by atoms with van der Waals surface area (Å²) < 4.78 is 15.7. The molecule has 21 heavy (non-hydrogen) atoms. The second-order valence-corrected chi connectivity index (χ2v) is 5.78. The van der Waals surface area contributed by atoms with Gasteiger partial charge in [-0.15, -0.1) is 0 Å². The van der Waals surface area contributed by atoms with Gasteiger partial charge in [-0.1, -0.05) is 17.7 Å². The maximum Gasteiger partial charge on any atom is 0.271 e. The van der Waals surface area contributed by atoms with Crippen molar-refractivity contribution >= 4 is 17.5 Å². The Labute approximate surface area is 127 Å². The maximum absolute atomic E-state index is 14.0. The van der Waals surface area contributed by atoms with E-state index in [1.54, 1.807) is 27.7 Å². The van der Waals surface area contributed by atoms with Crippen LogP contribution in [0.25, 0.3) is 0 Å². The summed E-state index contributed by atoms with van der Waals surface area (Å²) in [7, 11) is 1.83. The number of hydrogen-bond acceptors (Lipinski definition) is 1. The van der Waals surface area contributed by atoms with Gasteiger partial charge < -0.3 is 9.47 Å². The van der Waals surface area contributed by atoms with E-state index in [1.165, 1.54) is 6.07 Å². The first-order chi connectivity index (χ1) is 10.1. The first kappa shape index (κ1) is 14.1. The molecule has 0 unspecified atom stereocenters. The van der Waals surface area contributed by atoms with Gasteiger partial charge in [-0.05, 0) is 37.1 Å². The second kappa shape index (κ2) is 5.53. The minimum absolute atomic E-state index is 0.0793. The molecule has 1 saturated carbocycles. The molecule has 2 aromatic rings. The summed E-state index contributed by atoms with van der Waals surface area (Å²) in [6.07, 6.45) is 3.75. The predicted molar refractivity (Wildman–Crippen MR) is 79.7 cm³/mol. The van der Waals surface area contributed by atoms with Crippen LogP contribution in [0.3, 0.4) is 0 Å². The van der Waals surface area contributed by atoms with E-state index in [2.05, 4.69) is 0 Å². The topological polar surface area (TPSA) is 25.2 Å². The van der Waals surface area contributed by atoms with Crippen molar-refractivity contribution in [2.75, 3.05) is 0 Å². The lowest BCUT2D eigenvalue weighted by atomic mass is 10.2.